The summed E-state index contributed by atoms with van der Waals surface area (Å²) in [7, 11) is 0. The molecule has 0 aliphatic rings. The highest BCUT2D eigenvalue weighted by Crippen LogP contribution is 2.17. The second-order valence-electron chi connectivity index (χ2n) is 5.43. The third kappa shape index (κ3) is 5.52. The maximum absolute atomic E-state index is 11.8. The van der Waals surface area contributed by atoms with Crippen LogP contribution in [0.3, 0.4) is 0 Å². The minimum absolute atomic E-state index is 0.133. The van der Waals surface area contributed by atoms with Crippen molar-refractivity contribution in [3.05, 3.63) is 65.1 Å². The lowest BCUT2D eigenvalue weighted by molar-refractivity contribution is -0.142. The molecule has 3 rings (SSSR count). The smallest absolute Gasteiger partial charge is 0.379 e. The molecule has 0 bridgehead atoms. The minimum atomic E-state index is -0.560. The third-order valence-corrected chi connectivity index (χ3v) is 4.17. The molecule has 144 valence electrons. The van der Waals surface area contributed by atoms with Crippen LogP contribution >= 0.6 is 11.3 Å². The lowest BCUT2D eigenvalue weighted by Crippen LogP contribution is -2.07. The van der Waals surface area contributed by atoms with Gasteiger partial charge in [-0.1, -0.05) is 0 Å². The highest BCUT2D eigenvalue weighted by atomic mass is 32.1. The van der Waals surface area contributed by atoms with Crippen molar-refractivity contribution < 1.29 is 23.5 Å². The Kier molecular flexibility index (Phi) is 6.53. The fourth-order valence-corrected chi connectivity index (χ4v) is 2.79. The molecule has 0 atom stereocenters. The van der Waals surface area contributed by atoms with Crippen LogP contribution in [0.4, 0.5) is 5.13 Å². The topological polar surface area (TPSA) is 103 Å². The summed E-state index contributed by atoms with van der Waals surface area (Å²) >= 11 is 1.34. The van der Waals surface area contributed by atoms with Crippen molar-refractivity contribution in [2.45, 2.75) is 13.3 Å². The maximum atomic E-state index is 11.8. The summed E-state index contributed by atoms with van der Waals surface area (Å²) in [6.07, 6.45) is 3.14. The van der Waals surface area contributed by atoms with Crippen LogP contribution in [0.15, 0.2) is 57.6 Å². The summed E-state index contributed by atoms with van der Waals surface area (Å²) in [6, 6.07) is 9.97. The van der Waals surface area contributed by atoms with Gasteiger partial charge in [0, 0.05) is 5.38 Å². The van der Waals surface area contributed by atoms with Crippen LogP contribution in [-0.2, 0) is 16.0 Å². The van der Waals surface area contributed by atoms with Crippen molar-refractivity contribution in [2.75, 3.05) is 12.0 Å². The number of hydrogen-bond acceptors (Lipinski definition) is 9. The Morgan fingerprint density at radius 1 is 1.29 bits per heavy atom. The molecule has 28 heavy (non-hydrogen) atoms. The van der Waals surface area contributed by atoms with E-state index in [9.17, 15) is 9.59 Å². The Morgan fingerprint density at radius 2 is 2.11 bits per heavy atom. The average Bonchev–Trinajstić information content (AvgIpc) is 3.36. The monoisotopic (exact) mass is 399 g/mol. The van der Waals surface area contributed by atoms with Crippen LogP contribution in [0.25, 0.3) is 0 Å². The zero-order valence-electron chi connectivity index (χ0n) is 15.0. The molecule has 2 aromatic heterocycles. The molecule has 0 aliphatic heterocycles. The molecule has 8 nitrogen and oxygen atoms in total. The van der Waals surface area contributed by atoms with Gasteiger partial charge in [-0.2, -0.15) is 5.10 Å². The van der Waals surface area contributed by atoms with Gasteiger partial charge >= 0.3 is 11.9 Å². The molecule has 0 amide bonds. The third-order valence-electron chi connectivity index (χ3n) is 3.37. The number of aromatic nitrogens is 1. The van der Waals surface area contributed by atoms with E-state index in [4.69, 9.17) is 13.9 Å². The summed E-state index contributed by atoms with van der Waals surface area (Å²) < 4.78 is 15.1. The molecule has 0 spiro atoms. The van der Waals surface area contributed by atoms with E-state index in [2.05, 4.69) is 15.5 Å². The van der Waals surface area contributed by atoms with Crippen molar-refractivity contribution in [1.82, 2.24) is 4.98 Å². The molecule has 2 heterocycles. The number of rotatable bonds is 8. The van der Waals surface area contributed by atoms with Crippen LogP contribution in [0.1, 0.15) is 28.7 Å². The summed E-state index contributed by atoms with van der Waals surface area (Å²) in [5, 5.41) is 6.45. The molecule has 3 aromatic rings. The van der Waals surface area contributed by atoms with Gasteiger partial charge < -0.3 is 13.9 Å². The second-order valence-corrected chi connectivity index (χ2v) is 6.29. The van der Waals surface area contributed by atoms with Gasteiger partial charge in [-0.05, 0) is 48.9 Å². The van der Waals surface area contributed by atoms with Gasteiger partial charge in [0.05, 0.1) is 31.2 Å². The number of benzene rings is 1. The van der Waals surface area contributed by atoms with Crippen LogP contribution < -0.4 is 10.2 Å². The van der Waals surface area contributed by atoms with Gasteiger partial charge in [0.2, 0.25) is 10.9 Å². The van der Waals surface area contributed by atoms with Crippen molar-refractivity contribution in [1.29, 1.82) is 0 Å². The Hall–Kier alpha value is -3.46. The Morgan fingerprint density at radius 3 is 2.82 bits per heavy atom. The van der Waals surface area contributed by atoms with E-state index < -0.39 is 5.97 Å². The first-order valence-electron chi connectivity index (χ1n) is 8.39. The lowest BCUT2D eigenvalue weighted by Gasteiger charge is -2.02. The number of esters is 2. The van der Waals surface area contributed by atoms with Gasteiger partial charge in [-0.25, -0.2) is 9.78 Å². The highest BCUT2D eigenvalue weighted by Gasteiger charge is 2.11. The fraction of sp³-hybridized carbons (Fsp3) is 0.158. The number of nitrogens with one attached hydrogen (secondary N) is 1. The van der Waals surface area contributed by atoms with E-state index in [-0.39, 0.29) is 18.2 Å². The van der Waals surface area contributed by atoms with E-state index in [1.165, 1.54) is 23.7 Å². The van der Waals surface area contributed by atoms with Gasteiger partial charge in [0.25, 0.3) is 0 Å². The number of carbonyl (C=O) groups is 2. The number of nitrogens with zero attached hydrogens (tertiary/aromatic N) is 2. The first-order valence-corrected chi connectivity index (χ1v) is 9.27. The van der Waals surface area contributed by atoms with Crippen LogP contribution in [0, 0.1) is 0 Å². The molecule has 0 radical (unpaired) electrons. The molecule has 0 aliphatic carbocycles. The molecule has 1 aromatic carbocycles. The number of ether oxygens (including phenoxy) is 2. The van der Waals surface area contributed by atoms with Crippen molar-refractivity contribution >= 4 is 34.6 Å². The van der Waals surface area contributed by atoms with Crippen LogP contribution in [0.2, 0.25) is 0 Å². The van der Waals surface area contributed by atoms with Gasteiger partial charge in [-0.15, -0.1) is 11.3 Å². The Bertz CT molecular complexity index is 948. The highest BCUT2D eigenvalue weighted by molar-refractivity contribution is 7.13. The number of anilines is 1. The Balaban J connectivity index is 1.50. The van der Waals surface area contributed by atoms with E-state index in [0.717, 1.165) is 5.56 Å². The van der Waals surface area contributed by atoms with E-state index in [1.54, 1.807) is 48.9 Å². The number of carbonyl (C=O) groups excluding carboxylic acids is 2. The first-order chi connectivity index (χ1) is 13.6. The van der Waals surface area contributed by atoms with Crippen molar-refractivity contribution in [3.8, 4) is 5.75 Å². The molecule has 0 unspecified atom stereocenters. The molecular formula is C19H17N3O5S. The second kappa shape index (κ2) is 9.47. The zero-order chi connectivity index (χ0) is 19.8. The number of thiazole rings is 1. The van der Waals surface area contributed by atoms with E-state index in [1.807, 2.05) is 0 Å². The maximum Gasteiger partial charge on any atom is 0.379 e. The first kappa shape index (κ1) is 19.3. The molecule has 0 fully saturated rings. The zero-order valence-corrected chi connectivity index (χ0v) is 15.8. The van der Waals surface area contributed by atoms with E-state index >= 15 is 0 Å². The number of hydrogen-bond donors (Lipinski definition) is 1. The quantitative estimate of drug-likeness (QED) is 0.268. The lowest BCUT2D eigenvalue weighted by atomic mass is 10.2. The minimum Gasteiger partial charge on any atom is -0.466 e. The largest absolute Gasteiger partial charge is 0.466 e. The summed E-state index contributed by atoms with van der Waals surface area (Å²) in [6.45, 7) is 2.11. The standard InChI is InChI=1S/C19H17N3O5S/c1-2-25-17(23)10-14-12-28-19(21-14)22-20-11-13-5-7-15(8-6-13)27-18(24)16-4-3-9-26-16/h3-9,11-12H,2,10H2,1H3,(H,21,22). The number of furan rings is 1. The SMILES string of the molecule is CCOC(=O)Cc1csc(NN=Cc2ccc(OC(=O)c3ccco3)cc2)n1. The molecule has 9 heteroatoms. The predicted molar refractivity (Wildman–Crippen MR) is 104 cm³/mol. The van der Waals surface area contributed by atoms with Crippen molar-refractivity contribution in [3.63, 3.8) is 0 Å². The van der Waals surface area contributed by atoms with Crippen LogP contribution in [0.5, 0.6) is 5.75 Å². The molecular weight excluding hydrogens is 382 g/mol. The van der Waals surface area contributed by atoms with Crippen molar-refractivity contribution in [2.24, 2.45) is 5.10 Å². The normalized spacial score (nSPS) is 10.8. The molecule has 0 saturated carbocycles. The van der Waals surface area contributed by atoms with Gasteiger partial charge in [0.15, 0.2) is 0 Å². The average molecular weight is 399 g/mol. The summed E-state index contributed by atoms with van der Waals surface area (Å²) in [5.41, 5.74) is 4.24. The fourth-order valence-electron chi connectivity index (χ4n) is 2.14. The van der Waals surface area contributed by atoms with E-state index in [0.29, 0.717) is 23.2 Å². The summed E-state index contributed by atoms with van der Waals surface area (Å²) in [4.78, 5) is 27.5. The van der Waals surface area contributed by atoms with Crippen LogP contribution in [-0.4, -0.2) is 29.7 Å². The summed E-state index contributed by atoms with van der Waals surface area (Å²) in [5.74, 6) is -0.332. The molecule has 0 saturated heterocycles. The molecule has 1 N–H and O–H groups in total. The predicted octanol–water partition coefficient (Wildman–Crippen LogP) is 3.51. The Labute approximate surface area is 164 Å². The van der Waals surface area contributed by atoms with Gasteiger partial charge in [-0.3, -0.25) is 10.2 Å². The van der Waals surface area contributed by atoms with Gasteiger partial charge in [0.1, 0.15) is 5.75 Å². The number of hydrazone groups is 1.